The van der Waals surface area contributed by atoms with Gasteiger partial charge in [0.25, 0.3) is 0 Å². The lowest BCUT2D eigenvalue weighted by Crippen LogP contribution is -1.97. The first-order valence-electron chi connectivity index (χ1n) is 5.09. The van der Waals surface area contributed by atoms with E-state index in [0.717, 1.165) is 0 Å². The highest BCUT2D eigenvalue weighted by Crippen LogP contribution is 2.31. The average molecular weight is 263 g/mol. The van der Waals surface area contributed by atoms with E-state index in [1.165, 1.54) is 12.1 Å². The molecule has 0 bridgehead atoms. The minimum Gasteiger partial charge on any atom is -0.768 e. The first kappa shape index (κ1) is 12.4. The van der Waals surface area contributed by atoms with Gasteiger partial charge in [0.05, 0.1) is 11.4 Å². The maximum absolute atomic E-state index is 10.7. The number of anilines is 2. The standard InChI is InChI=1S/C12H12N2O3S/c13-10-2-1-3-11(12(10)14)17-8-4-6-9(7-5-8)18(15)16/h1-7H,13-14H2,(H,15,16)/p-1. The van der Waals surface area contributed by atoms with Crippen molar-refractivity contribution < 1.29 is 13.5 Å². The van der Waals surface area contributed by atoms with E-state index in [0.29, 0.717) is 22.9 Å². The lowest BCUT2D eigenvalue weighted by molar-refractivity contribution is 0.484. The van der Waals surface area contributed by atoms with Gasteiger partial charge in [-0.05, 0) is 47.5 Å². The van der Waals surface area contributed by atoms with E-state index in [4.69, 9.17) is 16.2 Å². The molecule has 0 fully saturated rings. The Hall–Kier alpha value is -2.05. The zero-order valence-electron chi connectivity index (χ0n) is 9.33. The first-order chi connectivity index (χ1) is 8.58. The normalized spacial score (nSPS) is 12.1. The average Bonchev–Trinajstić information content (AvgIpc) is 2.36. The van der Waals surface area contributed by atoms with Crippen LogP contribution in [0.5, 0.6) is 11.5 Å². The molecule has 0 saturated heterocycles. The summed E-state index contributed by atoms with van der Waals surface area (Å²) in [5.41, 5.74) is 12.2. The number of rotatable bonds is 3. The van der Waals surface area contributed by atoms with Crippen LogP contribution in [0.3, 0.4) is 0 Å². The summed E-state index contributed by atoms with van der Waals surface area (Å²) < 4.78 is 26.9. The monoisotopic (exact) mass is 263 g/mol. The highest BCUT2D eigenvalue weighted by atomic mass is 32.2. The van der Waals surface area contributed by atoms with Gasteiger partial charge in [-0.2, -0.15) is 0 Å². The Bertz CT molecular complexity index is 584. The zero-order valence-corrected chi connectivity index (χ0v) is 10.1. The van der Waals surface area contributed by atoms with Crippen LogP contribution in [0.4, 0.5) is 11.4 Å². The third-order valence-electron chi connectivity index (χ3n) is 2.34. The van der Waals surface area contributed by atoms with Crippen LogP contribution in [0.2, 0.25) is 0 Å². The van der Waals surface area contributed by atoms with Gasteiger partial charge in [-0.1, -0.05) is 6.07 Å². The molecule has 18 heavy (non-hydrogen) atoms. The van der Waals surface area contributed by atoms with Gasteiger partial charge in [0.2, 0.25) is 0 Å². The van der Waals surface area contributed by atoms with Crippen molar-refractivity contribution in [1.29, 1.82) is 0 Å². The van der Waals surface area contributed by atoms with Gasteiger partial charge in [0.15, 0.2) is 5.75 Å². The molecule has 0 aromatic heterocycles. The molecule has 0 spiro atoms. The van der Waals surface area contributed by atoms with E-state index in [2.05, 4.69) is 0 Å². The van der Waals surface area contributed by atoms with E-state index >= 15 is 0 Å². The Balaban J connectivity index is 2.24. The predicted molar refractivity (Wildman–Crippen MR) is 69.0 cm³/mol. The highest BCUT2D eigenvalue weighted by Gasteiger charge is 2.04. The van der Waals surface area contributed by atoms with E-state index in [1.807, 2.05) is 0 Å². The largest absolute Gasteiger partial charge is 0.768 e. The smallest absolute Gasteiger partial charge is 0.152 e. The van der Waals surface area contributed by atoms with Crippen molar-refractivity contribution in [2.75, 3.05) is 11.5 Å². The summed E-state index contributed by atoms with van der Waals surface area (Å²) >= 11 is -2.24. The number of hydrogen-bond acceptors (Lipinski definition) is 5. The number of para-hydroxylation sites is 1. The molecule has 4 N–H and O–H groups in total. The molecule has 0 saturated carbocycles. The summed E-state index contributed by atoms with van der Waals surface area (Å²) in [6, 6.07) is 11.1. The van der Waals surface area contributed by atoms with E-state index in [1.54, 1.807) is 30.3 Å². The van der Waals surface area contributed by atoms with Crippen LogP contribution in [0.1, 0.15) is 0 Å². The van der Waals surface area contributed by atoms with Crippen LogP contribution < -0.4 is 16.2 Å². The minimum absolute atomic E-state index is 0.197. The maximum atomic E-state index is 10.7. The number of benzene rings is 2. The van der Waals surface area contributed by atoms with Crippen LogP contribution in [0.25, 0.3) is 0 Å². The predicted octanol–water partition coefficient (Wildman–Crippen LogP) is 1.88. The van der Waals surface area contributed by atoms with Crippen molar-refractivity contribution in [3.8, 4) is 11.5 Å². The maximum Gasteiger partial charge on any atom is 0.152 e. The van der Waals surface area contributed by atoms with Gasteiger partial charge in [-0.25, -0.2) is 0 Å². The van der Waals surface area contributed by atoms with Crippen molar-refractivity contribution in [3.63, 3.8) is 0 Å². The second-order valence-electron chi connectivity index (χ2n) is 3.57. The molecule has 5 nitrogen and oxygen atoms in total. The number of ether oxygens (including phenoxy) is 1. The molecular formula is C12H11N2O3S-. The van der Waals surface area contributed by atoms with Gasteiger partial charge < -0.3 is 20.8 Å². The van der Waals surface area contributed by atoms with Crippen molar-refractivity contribution >= 4 is 22.5 Å². The van der Waals surface area contributed by atoms with Gasteiger partial charge >= 0.3 is 0 Å². The third-order valence-corrected chi connectivity index (χ3v) is 3.00. The van der Waals surface area contributed by atoms with E-state index < -0.39 is 11.1 Å². The molecule has 2 aromatic rings. The lowest BCUT2D eigenvalue weighted by atomic mass is 10.2. The molecular weight excluding hydrogens is 252 g/mol. The number of nitrogen functional groups attached to an aromatic ring is 2. The van der Waals surface area contributed by atoms with Gasteiger partial charge in [0, 0.05) is 4.90 Å². The fraction of sp³-hybridized carbons (Fsp3) is 0. The Morgan fingerprint density at radius 1 is 1.06 bits per heavy atom. The molecule has 0 aliphatic rings. The minimum atomic E-state index is -2.24. The summed E-state index contributed by atoms with van der Waals surface area (Å²) in [5.74, 6) is 0.924. The third kappa shape index (κ3) is 2.61. The molecule has 0 heterocycles. The molecule has 1 unspecified atom stereocenters. The van der Waals surface area contributed by atoms with E-state index in [9.17, 15) is 8.76 Å². The fourth-order valence-electron chi connectivity index (χ4n) is 1.40. The Kier molecular flexibility index (Phi) is 3.50. The van der Waals surface area contributed by atoms with Crippen LogP contribution in [-0.2, 0) is 11.1 Å². The Morgan fingerprint density at radius 3 is 2.33 bits per heavy atom. The van der Waals surface area contributed by atoms with Crippen molar-refractivity contribution in [2.24, 2.45) is 0 Å². The van der Waals surface area contributed by atoms with Crippen LogP contribution in [0.15, 0.2) is 47.4 Å². The van der Waals surface area contributed by atoms with Crippen LogP contribution in [-0.4, -0.2) is 8.76 Å². The fourth-order valence-corrected chi connectivity index (χ4v) is 1.75. The molecule has 0 aliphatic heterocycles. The van der Waals surface area contributed by atoms with Gasteiger partial charge in [-0.15, -0.1) is 0 Å². The van der Waals surface area contributed by atoms with Gasteiger partial charge in [-0.3, -0.25) is 4.21 Å². The summed E-state index contributed by atoms with van der Waals surface area (Å²) in [7, 11) is 0. The van der Waals surface area contributed by atoms with Crippen molar-refractivity contribution in [1.82, 2.24) is 0 Å². The molecule has 94 valence electrons. The second-order valence-corrected chi connectivity index (χ2v) is 4.51. The zero-order chi connectivity index (χ0) is 13.1. The SMILES string of the molecule is Nc1cccc(Oc2ccc(S(=O)[O-])cc2)c1N. The summed E-state index contributed by atoms with van der Waals surface area (Å²) in [5, 5.41) is 0. The van der Waals surface area contributed by atoms with E-state index in [-0.39, 0.29) is 4.90 Å². The lowest BCUT2D eigenvalue weighted by Gasteiger charge is -2.11. The molecule has 2 rings (SSSR count). The summed E-state index contributed by atoms with van der Waals surface area (Å²) in [6.07, 6.45) is 0. The molecule has 1 atom stereocenters. The van der Waals surface area contributed by atoms with Crippen LogP contribution >= 0.6 is 0 Å². The topological polar surface area (TPSA) is 101 Å². The molecule has 0 aliphatic carbocycles. The molecule has 2 aromatic carbocycles. The highest BCUT2D eigenvalue weighted by molar-refractivity contribution is 7.79. The van der Waals surface area contributed by atoms with Gasteiger partial charge in [0.1, 0.15) is 5.75 Å². The molecule has 6 heteroatoms. The van der Waals surface area contributed by atoms with Crippen molar-refractivity contribution in [3.05, 3.63) is 42.5 Å². The van der Waals surface area contributed by atoms with Crippen molar-refractivity contribution in [2.45, 2.75) is 4.90 Å². The molecule has 0 radical (unpaired) electrons. The summed E-state index contributed by atoms with van der Waals surface area (Å²) in [4.78, 5) is 0.197. The Labute approximate surface area is 107 Å². The quantitative estimate of drug-likeness (QED) is 0.650. The second kappa shape index (κ2) is 5.07. The molecule has 0 amide bonds. The first-order valence-corrected chi connectivity index (χ1v) is 6.16. The number of hydrogen-bond donors (Lipinski definition) is 2. The van der Waals surface area contributed by atoms with Crippen LogP contribution in [0, 0.1) is 0 Å². The summed E-state index contributed by atoms with van der Waals surface area (Å²) in [6.45, 7) is 0. The number of nitrogens with two attached hydrogens (primary N) is 2. The Morgan fingerprint density at radius 2 is 1.72 bits per heavy atom.